The molecule has 5 heteroatoms. The predicted octanol–water partition coefficient (Wildman–Crippen LogP) is 10.6. The van der Waals surface area contributed by atoms with Crippen molar-refractivity contribution in [2.75, 3.05) is 0 Å². The smallest absolute Gasteiger partial charge is 0.160 e. The molecule has 0 amide bonds. The molecule has 0 spiro atoms. The highest BCUT2D eigenvalue weighted by Crippen LogP contribution is 2.51. The minimum atomic E-state index is -0.129. The topological polar surface area (TPSA) is 78.3 Å². The average molecular weight is 640 g/mol. The summed E-state index contributed by atoms with van der Waals surface area (Å²) in [5.74, 6) is 0.514. The van der Waals surface area contributed by atoms with Gasteiger partial charge >= 0.3 is 0 Å². The third-order valence-corrected chi connectivity index (χ3v) is 10.1. The van der Waals surface area contributed by atoms with Gasteiger partial charge in [0.1, 0.15) is 17.7 Å². The molecule has 0 aliphatic heterocycles. The fourth-order valence-electron chi connectivity index (χ4n) is 7.69. The molecule has 0 saturated carbocycles. The van der Waals surface area contributed by atoms with E-state index in [1.165, 1.54) is 22.3 Å². The first-order valence-electron chi connectivity index (χ1n) is 16.6. The van der Waals surface area contributed by atoms with Crippen LogP contribution >= 0.6 is 0 Å². The Morgan fingerprint density at radius 1 is 0.540 bits per heavy atom. The molecular weight excluding hydrogens is 611 g/mol. The fourth-order valence-corrected chi connectivity index (χ4v) is 7.69. The SMILES string of the molecule is CC1(C)c2ccccc2-c2cc3c(cc21)c1ccccc1n3-c1ccc(-c2nc(-c3ccccc3)nc(-c3ccccc3)c2C#N)cc1C#N. The van der Waals surface area contributed by atoms with Crippen molar-refractivity contribution in [1.29, 1.82) is 10.5 Å². The molecule has 6 aromatic carbocycles. The lowest BCUT2D eigenvalue weighted by Gasteiger charge is -2.21. The lowest BCUT2D eigenvalue weighted by atomic mass is 9.82. The van der Waals surface area contributed by atoms with Crippen molar-refractivity contribution in [3.05, 3.63) is 162 Å². The van der Waals surface area contributed by atoms with E-state index in [2.05, 4.69) is 85.2 Å². The Morgan fingerprint density at radius 3 is 1.94 bits per heavy atom. The number of rotatable bonds is 4. The number of hydrogen-bond acceptors (Lipinski definition) is 4. The largest absolute Gasteiger partial charge is 0.308 e. The van der Waals surface area contributed by atoms with Crippen LogP contribution in [0.15, 0.2) is 140 Å². The molecule has 9 rings (SSSR count). The van der Waals surface area contributed by atoms with Gasteiger partial charge in [0.05, 0.1) is 33.7 Å². The summed E-state index contributed by atoms with van der Waals surface area (Å²) in [6.45, 7) is 4.59. The van der Waals surface area contributed by atoms with Crippen molar-refractivity contribution in [3.8, 4) is 62.9 Å². The maximum Gasteiger partial charge on any atom is 0.160 e. The van der Waals surface area contributed by atoms with Crippen LogP contribution in [0, 0.1) is 22.7 Å². The second-order valence-corrected chi connectivity index (χ2v) is 13.2. The molecule has 0 saturated heterocycles. The second kappa shape index (κ2) is 11.1. The average Bonchev–Trinajstić information content (AvgIpc) is 3.61. The van der Waals surface area contributed by atoms with Crippen LogP contribution in [0.5, 0.6) is 0 Å². The third kappa shape index (κ3) is 4.31. The molecule has 1 aliphatic carbocycles. The Hall–Kier alpha value is -6.82. The Labute approximate surface area is 290 Å². The summed E-state index contributed by atoms with van der Waals surface area (Å²) in [6.07, 6.45) is 0. The minimum absolute atomic E-state index is 0.129. The second-order valence-electron chi connectivity index (χ2n) is 13.2. The molecule has 50 heavy (non-hydrogen) atoms. The van der Waals surface area contributed by atoms with E-state index in [-0.39, 0.29) is 5.41 Å². The molecule has 0 radical (unpaired) electrons. The van der Waals surface area contributed by atoms with E-state index in [1.807, 2.05) is 84.9 Å². The highest BCUT2D eigenvalue weighted by atomic mass is 15.0. The van der Waals surface area contributed by atoms with E-state index in [4.69, 9.17) is 9.97 Å². The molecule has 1 aliphatic rings. The molecule has 8 aromatic rings. The van der Waals surface area contributed by atoms with Crippen LogP contribution in [0.2, 0.25) is 0 Å². The number of aromatic nitrogens is 3. The summed E-state index contributed by atoms with van der Waals surface area (Å²) in [4.78, 5) is 9.85. The number of fused-ring (bicyclic) bond motifs is 6. The summed E-state index contributed by atoms with van der Waals surface area (Å²) in [5.41, 5.74) is 12.0. The monoisotopic (exact) mass is 639 g/mol. The molecule has 0 bridgehead atoms. The molecule has 5 nitrogen and oxygen atoms in total. The highest BCUT2D eigenvalue weighted by molar-refractivity contribution is 6.11. The molecule has 0 atom stereocenters. The van der Waals surface area contributed by atoms with Gasteiger partial charge in [-0.1, -0.05) is 123 Å². The van der Waals surface area contributed by atoms with Crippen molar-refractivity contribution >= 4 is 21.8 Å². The summed E-state index contributed by atoms with van der Waals surface area (Å²) in [6, 6.07) is 51.8. The highest BCUT2D eigenvalue weighted by Gasteiger charge is 2.36. The molecular formula is C45H29N5. The van der Waals surface area contributed by atoms with E-state index < -0.39 is 0 Å². The van der Waals surface area contributed by atoms with Gasteiger partial charge in [-0.2, -0.15) is 10.5 Å². The van der Waals surface area contributed by atoms with Crippen LogP contribution in [0.3, 0.4) is 0 Å². The van der Waals surface area contributed by atoms with Crippen molar-refractivity contribution in [2.45, 2.75) is 19.3 Å². The maximum atomic E-state index is 10.7. The maximum absolute atomic E-state index is 10.7. The van der Waals surface area contributed by atoms with Crippen LogP contribution in [-0.4, -0.2) is 14.5 Å². The summed E-state index contributed by atoms with van der Waals surface area (Å²) in [7, 11) is 0. The van der Waals surface area contributed by atoms with Crippen LogP contribution in [0.25, 0.3) is 72.5 Å². The number of benzene rings is 6. The van der Waals surface area contributed by atoms with Crippen LogP contribution in [0.4, 0.5) is 0 Å². The zero-order valence-electron chi connectivity index (χ0n) is 27.5. The van der Waals surface area contributed by atoms with E-state index >= 15 is 0 Å². The van der Waals surface area contributed by atoms with Crippen LogP contribution < -0.4 is 0 Å². The first-order valence-corrected chi connectivity index (χ1v) is 16.6. The Bertz CT molecular complexity index is 2740. The summed E-state index contributed by atoms with van der Waals surface area (Å²) >= 11 is 0. The summed E-state index contributed by atoms with van der Waals surface area (Å²) in [5, 5.41) is 23.5. The summed E-state index contributed by atoms with van der Waals surface area (Å²) < 4.78 is 2.21. The van der Waals surface area contributed by atoms with Crippen molar-refractivity contribution in [2.24, 2.45) is 0 Å². The molecule has 234 valence electrons. The van der Waals surface area contributed by atoms with Gasteiger partial charge in [-0.05, 0) is 52.6 Å². The van der Waals surface area contributed by atoms with Gasteiger partial charge in [0, 0.05) is 32.9 Å². The lowest BCUT2D eigenvalue weighted by Crippen LogP contribution is -2.14. The standard InChI is InChI=1S/C45H29N5/c1-45(2)37-19-11-9-17-32(37)34-25-41-35(24-38(34)45)33-18-10-12-20-40(33)50(41)39-22-21-30(23-31(39)26-46)43-36(27-47)42(28-13-5-3-6-14-28)48-44(49-43)29-15-7-4-8-16-29/h3-25H,1-2H3. The number of para-hydroxylation sites is 1. The van der Waals surface area contributed by atoms with E-state index in [1.54, 1.807) is 0 Å². The Morgan fingerprint density at radius 2 is 1.20 bits per heavy atom. The van der Waals surface area contributed by atoms with Crippen LogP contribution in [0.1, 0.15) is 36.1 Å². The number of nitrogens with zero attached hydrogens (tertiary/aromatic N) is 5. The third-order valence-electron chi connectivity index (χ3n) is 10.1. The predicted molar refractivity (Wildman–Crippen MR) is 200 cm³/mol. The van der Waals surface area contributed by atoms with Crippen molar-refractivity contribution < 1.29 is 0 Å². The zero-order chi connectivity index (χ0) is 34.0. The molecule has 2 heterocycles. The first-order chi connectivity index (χ1) is 24.5. The lowest BCUT2D eigenvalue weighted by molar-refractivity contribution is 0.661. The van der Waals surface area contributed by atoms with Gasteiger partial charge in [0.15, 0.2) is 5.82 Å². The van der Waals surface area contributed by atoms with Crippen molar-refractivity contribution in [1.82, 2.24) is 14.5 Å². The normalized spacial score (nSPS) is 12.7. The fraction of sp³-hybridized carbons (Fsp3) is 0.0667. The quantitative estimate of drug-likeness (QED) is 0.192. The zero-order valence-corrected chi connectivity index (χ0v) is 27.5. The van der Waals surface area contributed by atoms with E-state index in [0.29, 0.717) is 33.9 Å². The van der Waals surface area contributed by atoms with Gasteiger partial charge in [-0.3, -0.25) is 0 Å². The van der Waals surface area contributed by atoms with Gasteiger partial charge in [0.25, 0.3) is 0 Å². The number of nitriles is 2. The van der Waals surface area contributed by atoms with E-state index in [9.17, 15) is 10.5 Å². The van der Waals surface area contributed by atoms with Crippen LogP contribution in [-0.2, 0) is 5.41 Å². The molecule has 0 N–H and O–H groups in total. The Balaban J connectivity index is 1.29. The Kier molecular flexibility index (Phi) is 6.53. The van der Waals surface area contributed by atoms with Gasteiger partial charge in [-0.15, -0.1) is 0 Å². The first kappa shape index (κ1) is 29.3. The molecule has 2 aromatic heterocycles. The van der Waals surface area contributed by atoms with Gasteiger partial charge in [0.2, 0.25) is 0 Å². The van der Waals surface area contributed by atoms with Crippen molar-refractivity contribution in [3.63, 3.8) is 0 Å². The van der Waals surface area contributed by atoms with E-state index in [0.717, 1.165) is 38.6 Å². The molecule has 0 unspecified atom stereocenters. The number of hydrogen-bond donors (Lipinski definition) is 0. The minimum Gasteiger partial charge on any atom is -0.308 e. The van der Waals surface area contributed by atoms with Gasteiger partial charge < -0.3 is 4.57 Å². The van der Waals surface area contributed by atoms with Gasteiger partial charge in [-0.25, -0.2) is 9.97 Å². The molecule has 0 fully saturated rings.